The molecule has 0 unspecified atom stereocenters. The van der Waals surface area contributed by atoms with Crippen LogP contribution in [0.2, 0.25) is 0 Å². The van der Waals surface area contributed by atoms with Crippen molar-refractivity contribution in [1.29, 1.82) is 0 Å². The Hall–Kier alpha value is -2.36. The monoisotopic (exact) mass is 242 g/mol. The number of rotatable bonds is 4. The summed E-state index contributed by atoms with van der Waals surface area (Å²) in [5.41, 5.74) is 1.81. The van der Waals surface area contributed by atoms with Crippen LogP contribution in [0.25, 0.3) is 0 Å². The third kappa shape index (κ3) is 2.85. The number of pyridine rings is 1. The summed E-state index contributed by atoms with van der Waals surface area (Å²) in [5.74, 6) is 1.40. The second-order valence-corrected chi connectivity index (χ2v) is 3.58. The fourth-order valence-electron chi connectivity index (χ4n) is 1.51. The number of hydrogen-bond acceptors (Lipinski definition) is 4. The Balaban J connectivity index is 2.22. The van der Waals surface area contributed by atoms with Gasteiger partial charge in [-0.1, -0.05) is 0 Å². The van der Waals surface area contributed by atoms with Gasteiger partial charge in [-0.3, -0.25) is 9.98 Å². The standard InChI is InChI=1S/C14H14N2O2/c1-17-13-4-3-11(9-14(13)18-2)10-16-12-5-7-15-8-6-12/h3-10H,1-2H3/b16-10+. The Morgan fingerprint density at radius 2 is 1.72 bits per heavy atom. The first kappa shape index (κ1) is 12.1. The second kappa shape index (κ2) is 5.82. The molecule has 0 saturated heterocycles. The van der Waals surface area contributed by atoms with E-state index < -0.39 is 0 Å². The van der Waals surface area contributed by atoms with Gasteiger partial charge in [-0.15, -0.1) is 0 Å². The van der Waals surface area contributed by atoms with E-state index in [1.54, 1.807) is 32.8 Å². The molecule has 0 atom stereocenters. The van der Waals surface area contributed by atoms with Crippen LogP contribution in [0.5, 0.6) is 11.5 Å². The van der Waals surface area contributed by atoms with E-state index in [2.05, 4.69) is 9.98 Å². The van der Waals surface area contributed by atoms with Gasteiger partial charge in [0.25, 0.3) is 0 Å². The van der Waals surface area contributed by atoms with Crippen molar-refractivity contribution >= 4 is 11.9 Å². The summed E-state index contributed by atoms with van der Waals surface area (Å²) in [6, 6.07) is 9.34. The fourth-order valence-corrected chi connectivity index (χ4v) is 1.51. The van der Waals surface area contributed by atoms with Crippen molar-refractivity contribution in [1.82, 2.24) is 4.98 Å². The van der Waals surface area contributed by atoms with Gasteiger partial charge >= 0.3 is 0 Å². The Labute approximate surface area is 106 Å². The van der Waals surface area contributed by atoms with E-state index in [4.69, 9.17) is 9.47 Å². The quantitative estimate of drug-likeness (QED) is 0.774. The van der Waals surface area contributed by atoms with Crippen molar-refractivity contribution < 1.29 is 9.47 Å². The lowest BCUT2D eigenvalue weighted by Gasteiger charge is -2.07. The molecule has 0 saturated carbocycles. The first-order valence-corrected chi connectivity index (χ1v) is 5.49. The van der Waals surface area contributed by atoms with Gasteiger partial charge in [-0.2, -0.15) is 0 Å². The van der Waals surface area contributed by atoms with Crippen LogP contribution < -0.4 is 9.47 Å². The molecule has 0 amide bonds. The fraction of sp³-hybridized carbons (Fsp3) is 0.143. The molecule has 0 fully saturated rings. The molecule has 0 aliphatic rings. The van der Waals surface area contributed by atoms with Crippen molar-refractivity contribution in [3.63, 3.8) is 0 Å². The largest absolute Gasteiger partial charge is 0.493 e. The molecule has 2 aromatic rings. The molecular weight excluding hydrogens is 228 g/mol. The van der Waals surface area contributed by atoms with Crippen molar-refractivity contribution in [2.45, 2.75) is 0 Å². The summed E-state index contributed by atoms with van der Waals surface area (Å²) in [4.78, 5) is 8.29. The van der Waals surface area contributed by atoms with Gasteiger partial charge in [-0.05, 0) is 35.9 Å². The predicted molar refractivity (Wildman–Crippen MR) is 71.0 cm³/mol. The Morgan fingerprint density at radius 1 is 1.00 bits per heavy atom. The smallest absolute Gasteiger partial charge is 0.161 e. The number of hydrogen-bond donors (Lipinski definition) is 0. The van der Waals surface area contributed by atoms with E-state index in [1.807, 2.05) is 30.3 Å². The van der Waals surface area contributed by atoms with Crippen molar-refractivity contribution in [2.24, 2.45) is 4.99 Å². The maximum Gasteiger partial charge on any atom is 0.161 e. The summed E-state index contributed by atoms with van der Waals surface area (Å²) in [5, 5.41) is 0. The van der Waals surface area contributed by atoms with Crippen LogP contribution in [0.3, 0.4) is 0 Å². The first-order valence-electron chi connectivity index (χ1n) is 5.49. The molecule has 0 radical (unpaired) electrons. The number of benzene rings is 1. The highest BCUT2D eigenvalue weighted by Crippen LogP contribution is 2.27. The van der Waals surface area contributed by atoms with E-state index >= 15 is 0 Å². The van der Waals surface area contributed by atoms with Crippen molar-refractivity contribution in [3.05, 3.63) is 48.3 Å². The molecule has 2 rings (SSSR count). The van der Waals surface area contributed by atoms with Gasteiger partial charge in [0.05, 0.1) is 19.9 Å². The van der Waals surface area contributed by atoms with E-state index in [-0.39, 0.29) is 0 Å². The van der Waals surface area contributed by atoms with Gasteiger partial charge in [0.1, 0.15) is 0 Å². The molecule has 0 aliphatic heterocycles. The molecule has 92 valence electrons. The highest BCUT2D eigenvalue weighted by atomic mass is 16.5. The maximum atomic E-state index is 5.23. The summed E-state index contributed by atoms with van der Waals surface area (Å²) < 4.78 is 10.4. The van der Waals surface area contributed by atoms with Gasteiger partial charge in [-0.25, -0.2) is 0 Å². The van der Waals surface area contributed by atoms with E-state index in [0.717, 1.165) is 11.3 Å². The first-order chi connectivity index (χ1) is 8.83. The molecule has 1 aromatic heterocycles. The van der Waals surface area contributed by atoms with Gasteiger partial charge < -0.3 is 9.47 Å². The molecule has 1 aromatic carbocycles. The Morgan fingerprint density at radius 3 is 2.39 bits per heavy atom. The average Bonchev–Trinajstić information content (AvgIpc) is 2.45. The molecule has 0 spiro atoms. The van der Waals surface area contributed by atoms with Gasteiger partial charge in [0.2, 0.25) is 0 Å². The minimum atomic E-state index is 0.691. The zero-order chi connectivity index (χ0) is 12.8. The molecule has 4 heteroatoms. The van der Waals surface area contributed by atoms with Crippen LogP contribution in [-0.2, 0) is 0 Å². The van der Waals surface area contributed by atoms with Crippen LogP contribution in [0.1, 0.15) is 5.56 Å². The SMILES string of the molecule is COc1ccc(/C=N/c2ccncc2)cc1OC. The van der Waals surface area contributed by atoms with Crippen LogP contribution in [0.15, 0.2) is 47.7 Å². The van der Waals surface area contributed by atoms with Crippen LogP contribution in [-0.4, -0.2) is 25.4 Å². The normalized spacial score (nSPS) is 10.6. The summed E-state index contributed by atoms with van der Waals surface area (Å²) in [6.45, 7) is 0. The molecule has 0 aliphatic carbocycles. The average molecular weight is 242 g/mol. The van der Waals surface area contributed by atoms with E-state index in [0.29, 0.717) is 11.5 Å². The summed E-state index contributed by atoms with van der Waals surface area (Å²) in [6.07, 6.45) is 5.19. The summed E-state index contributed by atoms with van der Waals surface area (Å²) in [7, 11) is 3.23. The zero-order valence-electron chi connectivity index (χ0n) is 10.3. The molecule has 0 N–H and O–H groups in total. The van der Waals surface area contributed by atoms with Crippen LogP contribution in [0.4, 0.5) is 5.69 Å². The molecular formula is C14H14N2O2. The van der Waals surface area contributed by atoms with Crippen molar-refractivity contribution in [2.75, 3.05) is 14.2 Å². The van der Waals surface area contributed by atoms with Crippen molar-refractivity contribution in [3.8, 4) is 11.5 Å². The molecule has 4 nitrogen and oxygen atoms in total. The van der Waals surface area contributed by atoms with Crippen LogP contribution in [0, 0.1) is 0 Å². The molecule has 18 heavy (non-hydrogen) atoms. The third-order valence-electron chi connectivity index (χ3n) is 2.43. The lowest BCUT2D eigenvalue weighted by atomic mass is 10.2. The Bertz CT molecular complexity index is 539. The number of nitrogens with zero attached hydrogens (tertiary/aromatic N) is 2. The topological polar surface area (TPSA) is 43.7 Å². The molecule has 1 heterocycles. The zero-order valence-corrected chi connectivity index (χ0v) is 10.3. The highest BCUT2D eigenvalue weighted by Gasteiger charge is 2.02. The van der Waals surface area contributed by atoms with Gasteiger partial charge in [0, 0.05) is 18.6 Å². The lowest BCUT2D eigenvalue weighted by molar-refractivity contribution is 0.355. The minimum Gasteiger partial charge on any atom is -0.493 e. The number of aliphatic imine (C=N–C) groups is 1. The van der Waals surface area contributed by atoms with Gasteiger partial charge in [0.15, 0.2) is 11.5 Å². The lowest BCUT2D eigenvalue weighted by Crippen LogP contribution is -1.91. The minimum absolute atomic E-state index is 0.691. The number of ether oxygens (including phenoxy) is 2. The van der Waals surface area contributed by atoms with E-state index in [9.17, 15) is 0 Å². The van der Waals surface area contributed by atoms with Crippen LogP contribution >= 0.6 is 0 Å². The highest BCUT2D eigenvalue weighted by molar-refractivity contribution is 5.83. The molecule has 0 bridgehead atoms. The maximum absolute atomic E-state index is 5.23. The third-order valence-corrected chi connectivity index (χ3v) is 2.43. The number of aromatic nitrogens is 1. The van der Waals surface area contributed by atoms with E-state index in [1.165, 1.54) is 0 Å². The Kier molecular flexibility index (Phi) is 3.91. The predicted octanol–water partition coefficient (Wildman–Crippen LogP) is 2.85. The summed E-state index contributed by atoms with van der Waals surface area (Å²) >= 11 is 0. The number of methoxy groups -OCH3 is 2. The second-order valence-electron chi connectivity index (χ2n) is 3.58.